The summed E-state index contributed by atoms with van der Waals surface area (Å²) in [7, 11) is -2.39. The molecule has 6 nitrogen and oxygen atoms in total. The molecule has 0 bridgehead atoms. The molecule has 2 rings (SSSR count). The molecule has 10 heteroatoms. The minimum atomic E-state index is -4.04. The van der Waals surface area contributed by atoms with Crippen molar-refractivity contribution >= 4 is 38.6 Å². The van der Waals surface area contributed by atoms with Gasteiger partial charge in [-0.25, -0.2) is 0 Å². The van der Waals surface area contributed by atoms with E-state index in [0.717, 1.165) is 17.7 Å². The molecule has 0 aromatic heterocycles. The number of hydrogen-bond donors (Lipinski definition) is 1. The molecule has 2 aromatic carbocycles. The zero-order valence-electron chi connectivity index (χ0n) is 15.4. The van der Waals surface area contributed by atoms with Crippen LogP contribution in [0.4, 0.5) is 0 Å². The second-order valence-corrected chi connectivity index (χ2v) is 8.60. The Hall–Kier alpha value is -1.17. The van der Waals surface area contributed by atoms with Gasteiger partial charge >= 0.3 is 10.1 Å². The van der Waals surface area contributed by atoms with E-state index in [4.69, 9.17) is 26.3 Å². The highest BCUT2D eigenvalue weighted by atomic mass is 127. The Morgan fingerprint density at radius 2 is 1.89 bits per heavy atom. The number of halogens is 2. The van der Waals surface area contributed by atoms with Crippen molar-refractivity contribution in [2.75, 3.05) is 19.4 Å². The molecule has 0 saturated heterocycles. The minimum absolute atomic E-state index is 0. The summed E-state index contributed by atoms with van der Waals surface area (Å²) >= 11 is 7.42. The van der Waals surface area contributed by atoms with E-state index in [9.17, 15) is 8.42 Å². The van der Waals surface area contributed by atoms with Gasteiger partial charge in [-0.3, -0.25) is 4.99 Å². The van der Waals surface area contributed by atoms with Crippen molar-refractivity contribution in [1.82, 2.24) is 0 Å². The monoisotopic (exact) mass is 555 g/mol. The first-order chi connectivity index (χ1) is 12.8. The molecule has 0 fully saturated rings. The third kappa shape index (κ3) is 7.69. The number of amidine groups is 1. The molecule has 0 atom stereocenters. The Bertz CT molecular complexity index is 924. The number of aryl methyl sites for hydroxylation is 1. The maximum absolute atomic E-state index is 12.5. The van der Waals surface area contributed by atoms with Crippen LogP contribution in [0.1, 0.15) is 12.0 Å². The third-order valence-electron chi connectivity index (χ3n) is 3.36. The Labute approximate surface area is 192 Å². The summed E-state index contributed by atoms with van der Waals surface area (Å²) in [6, 6.07) is 11.1. The second kappa shape index (κ2) is 11.7. The van der Waals surface area contributed by atoms with Crippen LogP contribution in [-0.4, -0.2) is 33.0 Å². The van der Waals surface area contributed by atoms with Crippen LogP contribution in [0.2, 0.25) is 5.02 Å². The Morgan fingerprint density at radius 3 is 2.57 bits per heavy atom. The van der Waals surface area contributed by atoms with Gasteiger partial charge in [0.25, 0.3) is 0 Å². The van der Waals surface area contributed by atoms with Crippen molar-refractivity contribution in [3.8, 4) is 11.5 Å². The number of rotatable bonds is 8. The van der Waals surface area contributed by atoms with Crippen LogP contribution in [0.3, 0.4) is 0 Å². The van der Waals surface area contributed by atoms with E-state index in [-0.39, 0.29) is 39.6 Å². The van der Waals surface area contributed by atoms with Gasteiger partial charge in [-0.05, 0) is 43.2 Å². The molecule has 154 valence electrons. The summed E-state index contributed by atoms with van der Waals surface area (Å²) in [5.41, 5.74) is 6.43. The van der Waals surface area contributed by atoms with E-state index in [1.165, 1.54) is 30.0 Å². The number of benzene rings is 2. The Morgan fingerprint density at radius 1 is 1.21 bits per heavy atom. The van der Waals surface area contributed by atoms with Crippen molar-refractivity contribution in [2.45, 2.75) is 18.2 Å². The van der Waals surface area contributed by atoms with Gasteiger partial charge in [0.2, 0.25) is 0 Å². The fourth-order valence-electron chi connectivity index (χ4n) is 2.15. The standard InChI is InChI=1S/C18H21ClN2O4S2.HI/c1-13-10-14(24-8-5-9-26-18(20)21-2)12-15(11-13)25-27(22,23)17-7-4-3-6-16(17)19;/h3-4,6-7,10-12H,5,8-9H2,1-2H3,(H2,20,21);1H/p-1. The van der Waals surface area contributed by atoms with Gasteiger partial charge in [-0.2, -0.15) is 8.42 Å². The molecule has 0 aliphatic carbocycles. The molecular formula is C18H21ClIN2O4S2-. The summed E-state index contributed by atoms with van der Waals surface area (Å²) in [5.74, 6) is 1.47. The zero-order valence-corrected chi connectivity index (χ0v) is 19.9. The number of nitrogens with two attached hydrogens (primary N) is 1. The van der Waals surface area contributed by atoms with Gasteiger partial charge < -0.3 is 38.6 Å². The Kier molecular flexibility index (Phi) is 10.4. The van der Waals surface area contributed by atoms with Crippen LogP contribution < -0.4 is 38.6 Å². The van der Waals surface area contributed by atoms with Crippen LogP contribution >= 0.6 is 23.4 Å². The summed E-state index contributed by atoms with van der Waals surface area (Å²) in [5, 5.41) is 0.639. The lowest BCUT2D eigenvalue weighted by Gasteiger charge is -2.12. The van der Waals surface area contributed by atoms with Gasteiger partial charge in [0.15, 0.2) is 5.17 Å². The molecule has 0 unspecified atom stereocenters. The van der Waals surface area contributed by atoms with Crippen LogP contribution in [0.25, 0.3) is 0 Å². The molecule has 0 spiro atoms. The SMILES string of the molecule is CN=C(N)SCCCOc1cc(C)cc(OS(=O)(=O)c2ccccc2Cl)c1.[I-]. The third-order valence-corrected chi connectivity index (χ3v) is 6.08. The molecule has 0 radical (unpaired) electrons. The van der Waals surface area contributed by atoms with Gasteiger partial charge in [0.05, 0.1) is 11.6 Å². The predicted octanol–water partition coefficient (Wildman–Crippen LogP) is 0.867. The fourth-order valence-corrected chi connectivity index (χ4v) is 4.17. The summed E-state index contributed by atoms with van der Waals surface area (Å²) < 4.78 is 35.9. The molecule has 0 aliphatic heterocycles. The maximum Gasteiger partial charge on any atom is 0.340 e. The quantitative estimate of drug-likeness (QED) is 0.171. The highest BCUT2D eigenvalue weighted by Crippen LogP contribution is 2.28. The van der Waals surface area contributed by atoms with Crippen molar-refractivity contribution < 1.29 is 41.3 Å². The lowest BCUT2D eigenvalue weighted by Crippen LogP contribution is -3.00. The first kappa shape index (κ1) is 24.9. The van der Waals surface area contributed by atoms with E-state index in [1.807, 2.05) is 13.0 Å². The first-order valence-electron chi connectivity index (χ1n) is 8.10. The number of aliphatic imine (C=N–C) groups is 1. The highest BCUT2D eigenvalue weighted by molar-refractivity contribution is 8.13. The molecule has 0 saturated carbocycles. The number of hydrogen-bond acceptors (Lipinski definition) is 6. The van der Waals surface area contributed by atoms with Crippen molar-refractivity contribution in [3.05, 3.63) is 53.1 Å². The van der Waals surface area contributed by atoms with E-state index in [0.29, 0.717) is 17.5 Å². The first-order valence-corrected chi connectivity index (χ1v) is 10.9. The molecule has 0 amide bonds. The predicted molar refractivity (Wildman–Crippen MR) is 111 cm³/mol. The van der Waals surface area contributed by atoms with E-state index in [1.54, 1.807) is 25.2 Å². The van der Waals surface area contributed by atoms with Crippen molar-refractivity contribution in [3.63, 3.8) is 0 Å². The van der Waals surface area contributed by atoms with Gasteiger partial charge in [0.1, 0.15) is 16.4 Å². The van der Waals surface area contributed by atoms with Crippen LogP contribution in [-0.2, 0) is 10.1 Å². The number of nitrogens with zero attached hydrogens (tertiary/aromatic N) is 1. The van der Waals surface area contributed by atoms with E-state index < -0.39 is 10.1 Å². The van der Waals surface area contributed by atoms with Gasteiger partial charge in [-0.15, -0.1) is 0 Å². The van der Waals surface area contributed by atoms with Gasteiger partial charge in [0, 0.05) is 18.9 Å². The molecule has 2 aromatic rings. The van der Waals surface area contributed by atoms with Crippen LogP contribution in [0, 0.1) is 6.92 Å². The van der Waals surface area contributed by atoms with E-state index >= 15 is 0 Å². The molecule has 0 heterocycles. The lowest BCUT2D eigenvalue weighted by molar-refractivity contribution is -0.00000959. The highest BCUT2D eigenvalue weighted by Gasteiger charge is 2.20. The van der Waals surface area contributed by atoms with Crippen molar-refractivity contribution in [2.24, 2.45) is 10.7 Å². The summed E-state index contributed by atoms with van der Waals surface area (Å²) in [4.78, 5) is 3.79. The fraction of sp³-hybridized carbons (Fsp3) is 0.278. The second-order valence-electron chi connectivity index (χ2n) is 5.56. The van der Waals surface area contributed by atoms with Crippen LogP contribution in [0.15, 0.2) is 52.4 Å². The smallest absolute Gasteiger partial charge is 0.340 e. The molecule has 2 N–H and O–H groups in total. The molecule has 28 heavy (non-hydrogen) atoms. The topological polar surface area (TPSA) is 91.0 Å². The maximum atomic E-state index is 12.5. The number of thioether (sulfide) groups is 1. The van der Waals surface area contributed by atoms with E-state index in [2.05, 4.69) is 4.99 Å². The average molecular weight is 556 g/mol. The number of ether oxygens (including phenoxy) is 1. The van der Waals surface area contributed by atoms with Crippen LogP contribution in [0.5, 0.6) is 11.5 Å². The lowest BCUT2D eigenvalue weighted by atomic mass is 10.2. The largest absolute Gasteiger partial charge is 1.00 e. The molecule has 0 aliphatic rings. The van der Waals surface area contributed by atoms with Crippen molar-refractivity contribution in [1.29, 1.82) is 0 Å². The zero-order chi connectivity index (χ0) is 19.9. The summed E-state index contributed by atoms with van der Waals surface area (Å²) in [6.45, 7) is 2.29. The Balaban J connectivity index is 0.00000392. The normalized spacial score (nSPS) is 11.6. The van der Waals surface area contributed by atoms with Gasteiger partial charge in [-0.1, -0.05) is 35.5 Å². The minimum Gasteiger partial charge on any atom is -1.00 e. The summed E-state index contributed by atoms with van der Waals surface area (Å²) in [6.07, 6.45) is 0.767. The molecular weight excluding hydrogens is 535 g/mol. The average Bonchev–Trinajstić information content (AvgIpc) is 2.60.